The Morgan fingerprint density at radius 3 is 3.15 bits per heavy atom. The van der Waals surface area contributed by atoms with Crippen LogP contribution < -0.4 is 10.1 Å². The molecule has 20 heavy (non-hydrogen) atoms. The highest BCUT2D eigenvalue weighted by molar-refractivity contribution is 9.10. The number of nitrogens with zero attached hydrogens (tertiary/aromatic N) is 1. The molecule has 0 spiro atoms. The van der Waals surface area contributed by atoms with Crippen LogP contribution in [0.15, 0.2) is 28.2 Å². The number of fused-ring (bicyclic) bond motifs is 1. The molecule has 1 atom stereocenters. The van der Waals surface area contributed by atoms with Crippen molar-refractivity contribution in [3.05, 3.63) is 44.3 Å². The largest absolute Gasteiger partial charge is 0.493 e. The summed E-state index contributed by atoms with van der Waals surface area (Å²) in [7, 11) is 0. The van der Waals surface area contributed by atoms with E-state index in [4.69, 9.17) is 4.74 Å². The van der Waals surface area contributed by atoms with Gasteiger partial charge < -0.3 is 10.1 Å². The van der Waals surface area contributed by atoms with Crippen LogP contribution in [0.25, 0.3) is 0 Å². The Balaban J connectivity index is 1.75. The van der Waals surface area contributed by atoms with Crippen molar-refractivity contribution in [2.45, 2.75) is 32.4 Å². The summed E-state index contributed by atoms with van der Waals surface area (Å²) in [6, 6.07) is 4.61. The lowest BCUT2D eigenvalue weighted by atomic mass is 10.1. The average Bonchev–Trinajstić information content (AvgIpc) is 3.09. The minimum atomic E-state index is 0.311. The van der Waals surface area contributed by atoms with Gasteiger partial charge >= 0.3 is 0 Å². The van der Waals surface area contributed by atoms with Crippen molar-refractivity contribution in [2.24, 2.45) is 0 Å². The lowest BCUT2D eigenvalue weighted by molar-refractivity contribution is 0.351. The molecule has 1 aromatic carbocycles. The molecule has 0 saturated carbocycles. The minimum absolute atomic E-state index is 0.311. The van der Waals surface area contributed by atoms with Gasteiger partial charge in [0.1, 0.15) is 10.8 Å². The van der Waals surface area contributed by atoms with Crippen LogP contribution in [0.5, 0.6) is 5.75 Å². The van der Waals surface area contributed by atoms with Crippen molar-refractivity contribution in [3.8, 4) is 5.75 Å². The van der Waals surface area contributed by atoms with Gasteiger partial charge in [-0.05, 0) is 24.1 Å². The highest BCUT2D eigenvalue weighted by Gasteiger charge is 2.18. The zero-order chi connectivity index (χ0) is 13.9. The van der Waals surface area contributed by atoms with Crippen LogP contribution in [0.1, 0.15) is 35.5 Å². The van der Waals surface area contributed by atoms with Gasteiger partial charge in [-0.15, -0.1) is 11.3 Å². The lowest BCUT2D eigenvalue weighted by Crippen LogP contribution is -2.20. The highest BCUT2D eigenvalue weighted by Crippen LogP contribution is 2.33. The van der Waals surface area contributed by atoms with E-state index in [0.717, 1.165) is 41.2 Å². The van der Waals surface area contributed by atoms with Gasteiger partial charge in [-0.25, -0.2) is 4.98 Å². The molecule has 0 radical (unpaired) electrons. The van der Waals surface area contributed by atoms with E-state index in [-0.39, 0.29) is 0 Å². The predicted molar refractivity (Wildman–Crippen MR) is 85.3 cm³/mol. The third-order valence-corrected chi connectivity index (χ3v) is 4.87. The number of benzene rings is 1. The van der Waals surface area contributed by atoms with Crippen LogP contribution >= 0.6 is 27.3 Å². The summed E-state index contributed by atoms with van der Waals surface area (Å²) in [5.74, 6) is 1.06. The van der Waals surface area contributed by atoms with E-state index in [0.29, 0.717) is 6.04 Å². The van der Waals surface area contributed by atoms with Crippen molar-refractivity contribution < 1.29 is 4.74 Å². The van der Waals surface area contributed by atoms with Gasteiger partial charge in [0.05, 0.1) is 12.6 Å². The normalized spacial score (nSPS) is 14.9. The average molecular weight is 353 g/mol. The number of nitrogens with one attached hydrogen (secondary N) is 1. The van der Waals surface area contributed by atoms with Crippen LogP contribution in [-0.2, 0) is 13.0 Å². The summed E-state index contributed by atoms with van der Waals surface area (Å²) in [4.78, 5) is 4.41. The number of hydrogen-bond donors (Lipinski definition) is 1. The molecule has 5 heteroatoms. The van der Waals surface area contributed by atoms with Crippen molar-refractivity contribution in [3.63, 3.8) is 0 Å². The maximum absolute atomic E-state index is 5.77. The highest BCUT2D eigenvalue weighted by atomic mass is 79.9. The Hall–Kier alpha value is -0.910. The number of rotatable bonds is 5. The number of hydrogen-bond acceptors (Lipinski definition) is 4. The summed E-state index contributed by atoms with van der Waals surface area (Å²) in [5.41, 5.74) is 2.53. The van der Waals surface area contributed by atoms with Gasteiger partial charge in [0.2, 0.25) is 0 Å². The van der Waals surface area contributed by atoms with Crippen LogP contribution in [0.3, 0.4) is 0 Å². The molecule has 3 rings (SSSR count). The molecule has 0 fully saturated rings. The third kappa shape index (κ3) is 2.90. The summed E-state index contributed by atoms with van der Waals surface area (Å²) in [6.07, 6.45) is 3.90. The van der Waals surface area contributed by atoms with Gasteiger partial charge in [-0.1, -0.05) is 22.9 Å². The van der Waals surface area contributed by atoms with E-state index in [1.807, 2.05) is 11.6 Å². The first kappa shape index (κ1) is 14.0. The predicted octanol–water partition coefficient (Wildman–Crippen LogP) is 4.08. The topological polar surface area (TPSA) is 34.1 Å². The van der Waals surface area contributed by atoms with Crippen LogP contribution in [-0.4, -0.2) is 11.6 Å². The van der Waals surface area contributed by atoms with Gasteiger partial charge in [-0.3, -0.25) is 0 Å². The monoisotopic (exact) mass is 352 g/mol. The fraction of sp³-hybridized carbons (Fsp3) is 0.400. The summed E-state index contributed by atoms with van der Waals surface area (Å²) < 4.78 is 6.89. The molecular formula is C15H17BrN2OS. The molecule has 0 amide bonds. The van der Waals surface area contributed by atoms with Crippen molar-refractivity contribution >= 4 is 27.3 Å². The van der Waals surface area contributed by atoms with E-state index in [2.05, 4.69) is 45.3 Å². The van der Waals surface area contributed by atoms with Crippen LogP contribution in [0.2, 0.25) is 0 Å². The molecular weight excluding hydrogens is 336 g/mol. The number of aromatic nitrogens is 1. The standard InChI is InChI=1S/C15H17BrN2OS/c1-2-13(15-17-4-6-20-15)18-9-11-8-12(16)7-10-3-5-19-14(10)11/h4,6-8,13,18H,2-3,5,9H2,1H3. The molecule has 0 saturated heterocycles. The molecule has 1 aliphatic rings. The molecule has 0 aliphatic carbocycles. The van der Waals surface area contributed by atoms with Gasteiger partial charge in [-0.2, -0.15) is 0 Å². The molecule has 106 valence electrons. The Kier molecular flexibility index (Phi) is 4.38. The summed E-state index contributed by atoms with van der Waals surface area (Å²) in [5, 5.41) is 6.77. The van der Waals surface area contributed by atoms with E-state index in [1.54, 1.807) is 11.3 Å². The fourth-order valence-electron chi connectivity index (χ4n) is 2.52. The van der Waals surface area contributed by atoms with Crippen LogP contribution in [0.4, 0.5) is 0 Å². The molecule has 1 aliphatic heterocycles. The van der Waals surface area contributed by atoms with Crippen molar-refractivity contribution in [1.29, 1.82) is 0 Å². The van der Waals surface area contributed by atoms with Crippen molar-refractivity contribution in [1.82, 2.24) is 10.3 Å². The number of halogens is 1. The zero-order valence-electron chi connectivity index (χ0n) is 11.4. The number of ether oxygens (including phenoxy) is 1. The smallest absolute Gasteiger partial charge is 0.127 e. The summed E-state index contributed by atoms with van der Waals surface area (Å²) in [6.45, 7) is 3.78. The lowest BCUT2D eigenvalue weighted by Gasteiger charge is -2.16. The number of thiazole rings is 1. The first-order valence-corrected chi connectivity index (χ1v) is 8.52. The zero-order valence-corrected chi connectivity index (χ0v) is 13.8. The molecule has 0 bridgehead atoms. The Bertz CT molecular complexity index is 586. The SMILES string of the molecule is CCC(NCc1cc(Br)cc2c1OCC2)c1nccs1. The third-order valence-electron chi connectivity index (χ3n) is 3.52. The maximum atomic E-state index is 5.77. The molecule has 1 N–H and O–H groups in total. The molecule has 1 unspecified atom stereocenters. The van der Waals surface area contributed by atoms with Gasteiger partial charge in [0, 0.05) is 34.6 Å². The Morgan fingerprint density at radius 2 is 2.40 bits per heavy atom. The van der Waals surface area contributed by atoms with E-state index >= 15 is 0 Å². The fourth-order valence-corrected chi connectivity index (χ4v) is 3.87. The van der Waals surface area contributed by atoms with Gasteiger partial charge in [0.25, 0.3) is 0 Å². The van der Waals surface area contributed by atoms with E-state index in [1.165, 1.54) is 11.1 Å². The minimum Gasteiger partial charge on any atom is -0.493 e. The molecule has 3 nitrogen and oxygen atoms in total. The molecule has 2 aromatic rings. The second kappa shape index (κ2) is 6.24. The first-order chi connectivity index (χ1) is 9.78. The van der Waals surface area contributed by atoms with Gasteiger partial charge in [0.15, 0.2) is 0 Å². The maximum Gasteiger partial charge on any atom is 0.127 e. The van der Waals surface area contributed by atoms with Crippen molar-refractivity contribution in [2.75, 3.05) is 6.61 Å². The van der Waals surface area contributed by atoms with E-state index < -0.39 is 0 Å². The Morgan fingerprint density at radius 1 is 1.50 bits per heavy atom. The van der Waals surface area contributed by atoms with E-state index in [9.17, 15) is 0 Å². The first-order valence-electron chi connectivity index (χ1n) is 6.84. The Labute approximate surface area is 131 Å². The molecule has 1 aromatic heterocycles. The molecule has 2 heterocycles. The summed E-state index contributed by atoms with van der Waals surface area (Å²) >= 11 is 5.29. The second-order valence-electron chi connectivity index (χ2n) is 4.86. The second-order valence-corrected chi connectivity index (χ2v) is 6.71. The van der Waals surface area contributed by atoms with Crippen LogP contribution in [0, 0.1) is 0 Å². The quantitative estimate of drug-likeness (QED) is 0.880.